The molecule has 0 aliphatic rings. The number of nitro groups is 1. The number of nitrogens with zero attached hydrogens (tertiary/aromatic N) is 1. The molecule has 1 aromatic carbocycles. The SMILES string of the molecule is CC(CCO)CNS(=O)(=O)Cc1ccc([N+](=O)[O-])cc1. The fourth-order valence-corrected chi connectivity index (χ4v) is 2.85. The number of aliphatic hydroxyl groups excluding tert-OH is 1. The molecule has 0 aromatic heterocycles. The lowest BCUT2D eigenvalue weighted by Crippen LogP contribution is -2.29. The number of rotatable bonds is 8. The van der Waals surface area contributed by atoms with Gasteiger partial charge >= 0.3 is 0 Å². The zero-order chi connectivity index (χ0) is 15.2. The number of hydrogen-bond donors (Lipinski definition) is 2. The number of hydrogen-bond acceptors (Lipinski definition) is 5. The fourth-order valence-electron chi connectivity index (χ4n) is 1.58. The Morgan fingerprint density at radius 3 is 2.45 bits per heavy atom. The van der Waals surface area contributed by atoms with E-state index in [1.54, 1.807) is 0 Å². The van der Waals surface area contributed by atoms with Crippen molar-refractivity contribution in [1.29, 1.82) is 0 Å². The molecule has 0 heterocycles. The Kier molecular flexibility index (Phi) is 6.05. The smallest absolute Gasteiger partial charge is 0.269 e. The van der Waals surface area contributed by atoms with Gasteiger partial charge in [0.15, 0.2) is 0 Å². The first-order chi connectivity index (χ1) is 9.34. The lowest BCUT2D eigenvalue weighted by molar-refractivity contribution is -0.384. The van der Waals surface area contributed by atoms with Crippen molar-refractivity contribution in [2.45, 2.75) is 19.1 Å². The average Bonchev–Trinajstić information content (AvgIpc) is 2.37. The Labute approximate surface area is 117 Å². The van der Waals surface area contributed by atoms with Gasteiger partial charge in [-0.1, -0.05) is 19.1 Å². The van der Waals surface area contributed by atoms with E-state index in [2.05, 4.69) is 4.72 Å². The predicted molar refractivity (Wildman–Crippen MR) is 74.6 cm³/mol. The standard InChI is InChI=1S/C12H18N2O5S/c1-10(6-7-15)8-13-20(18,19)9-11-2-4-12(5-3-11)14(16)17/h2-5,10,13,15H,6-9H2,1H3. The van der Waals surface area contributed by atoms with Crippen LogP contribution >= 0.6 is 0 Å². The molecule has 0 spiro atoms. The molecule has 112 valence electrons. The average molecular weight is 302 g/mol. The van der Waals surface area contributed by atoms with Gasteiger partial charge in [-0.15, -0.1) is 0 Å². The van der Waals surface area contributed by atoms with E-state index >= 15 is 0 Å². The van der Waals surface area contributed by atoms with Gasteiger partial charge in [0.2, 0.25) is 10.0 Å². The summed E-state index contributed by atoms with van der Waals surface area (Å²) in [5.74, 6) is -0.178. The van der Waals surface area contributed by atoms with E-state index in [9.17, 15) is 18.5 Å². The van der Waals surface area contributed by atoms with Gasteiger partial charge in [-0.05, 0) is 17.9 Å². The van der Waals surface area contributed by atoms with Crippen molar-refractivity contribution >= 4 is 15.7 Å². The third-order valence-corrected chi connectivity index (χ3v) is 4.10. The molecule has 1 unspecified atom stereocenters. The zero-order valence-electron chi connectivity index (χ0n) is 11.2. The molecule has 0 fully saturated rings. The Morgan fingerprint density at radius 1 is 1.35 bits per heavy atom. The van der Waals surface area contributed by atoms with E-state index in [1.165, 1.54) is 24.3 Å². The van der Waals surface area contributed by atoms with Gasteiger partial charge in [0, 0.05) is 25.3 Å². The van der Waals surface area contributed by atoms with E-state index in [0.717, 1.165) is 0 Å². The molecule has 0 saturated heterocycles. The fraction of sp³-hybridized carbons (Fsp3) is 0.500. The van der Waals surface area contributed by atoms with E-state index in [1.807, 2.05) is 6.92 Å². The zero-order valence-corrected chi connectivity index (χ0v) is 12.0. The molecular weight excluding hydrogens is 284 g/mol. The highest BCUT2D eigenvalue weighted by molar-refractivity contribution is 7.88. The van der Waals surface area contributed by atoms with Crippen molar-refractivity contribution in [1.82, 2.24) is 4.72 Å². The summed E-state index contributed by atoms with van der Waals surface area (Å²) in [6, 6.07) is 5.40. The van der Waals surface area contributed by atoms with Crippen LogP contribution in [0.15, 0.2) is 24.3 Å². The third-order valence-electron chi connectivity index (χ3n) is 2.78. The molecule has 2 N–H and O–H groups in total. The van der Waals surface area contributed by atoms with Crippen LogP contribution in [0.4, 0.5) is 5.69 Å². The minimum atomic E-state index is -3.48. The summed E-state index contributed by atoms with van der Waals surface area (Å²) in [7, 11) is -3.48. The highest BCUT2D eigenvalue weighted by Gasteiger charge is 2.14. The summed E-state index contributed by atoms with van der Waals surface area (Å²) in [5, 5.41) is 19.2. The third kappa shape index (κ3) is 5.64. The van der Waals surface area contributed by atoms with Gasteiger partial charge in [0.1, 0.15) is 0 Å². The lowest BCUT2D eigenvalue weighted by Gasteiger charge is -2.11. The number of sulfonamides is 1. The van der Waals surface area contributed by atoms with Crippen LogP contribution in [0.2, 0.25) is 0 Å². The van der Waals surface area contributed by atoms with E-state index in [4.69, 9.17) is 5.11 Å². The maximum absolute atomic E-state index is 11.8. The molecule has 0 bridgehead atoms. The van der Waals surface area contributed by atoms with Crippen LogP contribution in [-0.2, 0) is 15.8 Å². The molecular formula is C12H18N2O5S. The molecule has 0 saturated carbocycles. The van der Waals surface area contributed by atoms with Crippen LogP contribution < -0.4 is 4.72 Å². The predicted octanol–water partition coefficient (Wildman–Crippen LogP) is 1.03. The van der Waals surface area contributed by atoms with Gasteiger partial charge in [-0.3, -0.25) is 10.1 Å². The van der Waals surface area contributed by atoms with Crippen molar-refractivity contribution in [2.24, 2.45) is 5.92 Å². The van der Waals surface area contributed by atoms with Crippen molar-refractivity contribution in [2.75, 3.05) is 13.2 Å². The monoisotopic (exact) mass is 302 g/mol. The Bertz CT molecular complexity index is 541. The highest BCUT2D eigenvalue weighted by Crippen LogP contribution is 2.13. The lowest BCUT2D eigenvalue weighted by atomic mass is 10.1. The van der Waals surface area contributed by atoms with Crippen LogP contribution in [0.25, 0.3) is 0 Å². The second-order valence-corrected chi connectivity index (χ2v) is 6.46. The molecule has 1 aromatic rings. The Balaban J connectivity index is 2.59. The summed E-state index contributed by atoms with van der Waals surface area (Å²) in [4.78, 5) is 9.96. The minimum Gasteiger partial charge on any atom is -0.396 e. The van der Waals surface area contributed by atoms with Crippen LogP contribution in [0.3, 0.4) is 0 Å². The summed E-state index contributed by atoms with van der Waals surface area (Å²) < 4.78 is 26.1. The number of nitrogens with one attached hydrogen (secondary N) is 1. The van der Waals surface area contributed by atoms with Crippen molar-refractivity contribution in [3.8, 4) is 0 Å². The molecule has 0 aliphatic carbocycles. The van der Waals surface area contributed by atoms with E-state index in [0.29, 0.717) is 12.0 Å². The summed E-state index contributed by atoms with van der Waals surface area (Å²) in [6.45, 7) is 2.12. The molecule has 20 heavy (non-hydrogen) atoms. The first-order valence-electron chi connectivity index (χ1n) is 6.15. The van der Waals surface area contributed by atoms with Gasteiger partial charge in [0.25, 0.3) is 5.69 Å². The van der Waals surface area contributed by atoms with Gasteiger partial charge in [0.05, 0.1) is 10.7 Å². The molecule has 0 radical (unpaired) electrons. The number of non-ortho nitro benzene ring substituents is 1. The summed E-state index contributed by atoms with van der Waals surface area (Å²) in [5.41, 5.74) is 0.411. The number of nitro benzene ring substituents is 1. The molecule has 0 aliphatic heterocycles. The van der Waals surface area contributed by atoms with Crippen LogP contribution in [0.5, 0.6) is 0 Å². The maximum atomic E-state index is 11.8. The van der Waals surface area contributed by atoms with Crippen molar-refractivity contribution < 1.29 is 18.4 Å². The first kappa shape index (κ1) is 16.5. The second kappa shape index (κ2) is 7.32. The largest absolute Gasteiger partial charge is 0.396 e. The molecule has 0 amide bonds. The molecule has 7 nitrogen and oxygen atoms in total. The Hall–Kier alpha value is -1.51. The summed E-state index contributed by atoms with van der Waals surface area (Å²) in [6.07, 6.45) is 0.528. The quantitative estimate of drug-likeness (QED) is 0.550. The minimum absolute atomic E-state index is 0.0191. The second-order valence-electron chi connectivity index (χ2n) is 4.65. The van der Waals surface area contributed by atoms with Crippen molar-refractivity contribution in [3.05, 3.63) is 39.9 Å². The van der Waals surface area contributed by atoms with E-state index < -0.39 is 14.9 Å². The maximum Gasteiger partial charge on any atom is 0.269 e. The number of benzene rings is 1. The summed E-state index contributed by atoms with van der Waals surface area (Å²) >= 11 is 0. The van der Waals surface area contributed by atoms with Crippen LogP contribution in [-0.4, -0.2) is 31.6 Å². The normalized spacial score (nSPS) is 13.1. The highest BCUT2D eigenvalue weighted by atomic mass is 32.2. The van der Waals surface area contributed by atoms with Crippen LogP contribution in [0.1, 0.15) is 18.9 Å². The molecule has 1 atom stereocenters. The van der Waals surface area contributed by atoms with Crippen molar-refractivity contribution in [3.63, 3.8) is 0 Å². The van der Waals surface area contributed by atoms with Gasteiger partial charge in [-0.25, -0.2) is 13.1 Å². The molecule has 8 heteroatoms. The van der Waals surface area contributed by atoms with E-state index in [-0.39, 0.29) is 30.5 Å². The Morgan fingerprint density at radius 2 is 1.95 bits per heavy atom. The number of aliphatic hydroxyl groups is 1. The van der Waals surface area contributed by atoms with Crippen LogP contribution in [0, 0.1) is 16.0 Å². The van der Waals surface area contributed by atoms with Gasteiger partial charge in [-0.2, -0.15) is 0 Å². The molecule has 1 rings (SSSR count). The topological polar surface area (TPSA) is 110 Å². The van der Waals surface area contributed by atoms with Gasteiger partial charge < -0.3 is 5.11 Å². The first-order valence-corrected chi connectivity index (χ1v) is 7.81.